The number of hydrogen-bond donors (Lipinski definition) is 0. The summed E-state index contributed by atoms with van der Waals surface area (Å²) in [6.07, 6.45) is 0.488. The molecule has 122 valence electrons. The van der Waals surface area contributed by atoms with Crippen LogP contribution in [0.1, 0.15) is 12.0 Å². The number of rotatable bonds is 7. The van der Waals surface area contributed by atoms with Crippen molar-refractivity contribution in [2.75, 3.05) is 41.5 Å². The number of esters is 1. The highest BCUT2D eigenvalue weighted by molar-refractivity contribution is 5.69. The molecule has 0 N–H and O–H groups in total. The van der Waals surface area contributed by atoms with Gasteiger partial charge in [0.15, 0.2) is 11.5 Å². The number of likely N-dealkylation sites (tertiary alicyclic amines) is 1. The molecule has 0 atom stereocenters. The highest BCUT2D eigenvalue weighted by Crippen LogP contribution is 2.38. The normalized spacial score (nSPS) is 15.1. The maximum absolute atomic E-state index is 11.2. The Morgan fingerprint density at radius 2 is 1.68 bits per heavy atom. The van der Waals surface area contributed by atoms with E-state index in [0.717, 1.165) is 25.2 Å². The molecule has 0 bridgehead atoms. The fourth-order valence-corrected chi connectivity index (χ4v) is 2.74. The smallest absolute Gasteiger partial charge is 0.305 e. The number of ether oxygens (including phenoxy) is 4. The van der Waals surface area contributed by atoms with Gasteiger partial charge < -0.3 is 18.9 Å². The third-order valence-corrected chi connectivity index (χ3v) is 3.85. The fourth-order valence-electron chi connectivity index (χ4n) is 2.74. The van der Waals surface area contributed by atoms with Crippen LogP contribution >= 0.6 is 0 Å². The highest BCUT2D eigenvalue weighted by atomic mass is 16.5. The minimum atomic E-state index is -0.141. The summed E-state index contributed by atoms with van der Waals surface area (Å²) in [6.45, 7) is 2.58. The van der Waals surface area contributed by atoms with Gasteiger partial charge in [-0.05, 0) is 23.6 Å². The van der Waals surface area contributed by atoms with Crippen molar-refractivity contribution >= 4 is 5.97 Å². The zero-order valence-electron chi connectivity index (χ0n) is 13.5. The molecule has 1 aliphatic rings. The summed E-state index contributed by atoms with van der Waals surface area (Å²) in [5, 5.41) is 0. The van der Waals surface area contributed by atoms with Crippen LogP contribution < -0.4 is 14.2 Å². The van der Waals surface area contributed by atoms with Gasteiger partial charge in [-0.1, -0.05) is 0 Å². The zero-order valence-corrected chi connectivity index (χ0v) is 13.5. The Morgan fingerprint density at radius 3 is 2.14 bits per heavy atom. The van der Waals surface area contributed by atoms with Crippen LogP contribution in [0, 0.1) is 5.92 Å². The SMILES string of the molecule is COC(=O)CC1CN(Cc2cc(OC)c(OC)c(OC)c2)C1. The predicted molar refractivity (Wildman–Crippen MR) is 81.5 cm³/mol. The third kappa shape index (κ3) is 3.62. The molecule has 1 aliphatic heterocycles. The van der Waals surface area contributed by atoms with E-state index in [2.05, 4.69) is 4.90 Å². The molecule has 0 aliphatic carbocycles. The minimum absolute atomic E-state index is 0.141. The monoisotopic (exact) mass is 309 g/mol. The van der Waals surface area contributed by atoms with Crippen LogP contribution in [-0.2, 0) is 16.1 Å². The van der Waals surface area contributed by atoms with Gasteiger partial charge in [-0.2, -0.15) is 0 Å². The fraction of sp³-hybridized carbons (Fsp3) is 0.562. The number of hydrogen-bond acceptors (Lipinski definition) is 6. The molecule has 1 heterocycles. The van der Waals surface area contributed by atoms with Crippen molar-refractivity contribution in [1.82, 2.24) is 4.90 Å². The maximum atomic E-state index is 11.2. The number of nitrogens with zero attached hydrogens (tertiary/aromatic N) is 1. The van der Waals surface area contributed by atoms with E-state index in [-0.39, 0.29) is 5.97 Å². The average molecular weight is 309 g/mol. The first kappa shape index (κ1) is 16.4. The van der Waals surface area contributed by atoms with Crippen LogP contribution in [0.15, 0.2) is 12.1 Å². The molecule has 1 saturated heterocycles. The van der Waals surface area contributed by atoms with Crippen molar-refractivity contribution in [3.8, 4) is 17.2 Å². The number of methoxy groups -OCH3 is 4. The van der Waals surface area contributed by atoms with Crippen LogP contribution in [0.3, 0.4) is 0 Å². The number of carbonyl (C=O) groups is 1. The molecular weight excluding hydrogens is 286 g/mol. The van der Waals surface area contributed by atoms with Crippen molar-refractivity contribution < 1.29 is 23.7 Å². The lowest BCUT2D eigenvalue weighted by atomic mass is 9.95. The summed E-state index contributed by atoms with van der Waals surface area (Å²) < 4.78 is 20.7. The van der Waals surface area contributed by atoms with Gasteiger partial charge in [0.1, 0.15) is 0 Å². The molecule has 0 unspecified atom stereocenters. The quantitative estimate of drug-likeness (QED) is 0.715. The van der Waals surface area contributed by atoms with Crippen LogP contribution in [0.4, 0.5) is 0 Å². The lowest BCUT2D eigenvalue weighted by Gasteiger charge is -2.38. The molecule has 6 nitrogen and oxygen atoms in total. The Hall–Kier alpha value is -1.95. The molecule has 2 rings (SSSR count). The van der Waals surface area contributed by atoms with E-state index in [1.807, 2.05) is 12.1 Å². The van der Waals surface area contributed by atoms with Crippen LogP contribution in [0.25, 0.3) is 0 Å². The largest absolute Gasteiger partial charge is 0.493 e. The summed E-state index contributed by atoms with van der Waals surface area (Å²) in [7, 11) is 6.23. The standard InChI is InChI=1S/C16H23NO5/c1-19-13-5-11(6-14(20-2)16(13)22-4)8-17-9-12(10-17)7-15(18)21-3/h5-6,12H,7-10H2,1-4H3. The van der Waals surface area contributed by atoms with Gasteiger partial charge in [0.2, 0.25) is 5.75 Å². The summed E-state index contributed by atoms with van der Waals surface area (Å²) >= 11 is 0. The van der Waals surface area contributed by atoms with Gasteiger partial charge in [-0.3, -0.25) is 9.69 Å². The lowest BCUT2D eigenvalue weighted by molar-refractivity contribution is -0.143. The summed E-state index contributed by atoms with van der Waals surface area (Å²) in [5.41, 5.74) is 1.09. The molecule has 0 saturated carbocycles. The summed E-state index contributed by atoms with van der Waals surface area (Å²) in [5.74, 6) is 2.15. The van der Waals surface area contributed by atoms with Gasteiger partial charge >= 0.3 is 5.97 Å². The van der Waals surface area contributed by atoms with E-state index < -0.39 is 0 Å². The molecule has 1 aromatic carbocycles. The second kappa shape index (κ2) is 7.35. The third-order valence-electron chi connectivity index (χ3n) is 3.85. The van der Waals surface area contributed by atoms with Crippen molar-refractivity contribution in [2.24, 2.45) is 5.92 Å². The predicted octanol–water partition coefficient (Wildman–Crippen LogP) is 1.71. The number of benzene rings is 1. The minimum Gasteiger partial charge on any atom is -0.493 e. The van der Waals surface area contributed by atoms with Gasteiger partial charge in [0, 0.05) is 19.6 Å². The van der Waals surface area contributed by atoms with E-state index >= 15 is 0 Å². The van der Waals surface area contributed by atoms with Gasteiger partial charge in [-0.15, -0.1) is 0 Å². The topological polar surface area (TPSA) is 57.2 Å². The van der Waals surface area contributed by atoms with Crippen molar-refractivity contribution in [2.45, 2.75) is 13.0 Å². The Labute approximate surface area is 130 Å². The van der Waals surface area contributed by atoms with E-state index in [9.17, 15) is 4.79 Å². The first-order valence-electron chi connectivity index (χ1n) is 7.19. The molecule has 1 fully saturated rings. The molecular formula is C16H23NO5. The zero-order chi connectivity index (χ0) is 16.1. The maximum Gasteiger partial charge on any atom is 0.305 e. The first-order chi connectivity index (χ1) is 10.6. The lowest BCUT2D eigenvalue weighted by Crippen LogP contribution is -2.46. The van der Waals surface area contributed by atoms with E-state index in [1.54, 1.807) is 21.3 Å². The molecule has 1 aromatic rings. The van der Waals surface area contributed by atoms with Crippen molar-refractivity contribution in [3.05, 3.63) is 17.7 Å². The molecule has 0 spiro atoms. The average Bonchev–Trinajstić information content (AvgIpc) is 2.51. The van der Waals surface area contributed by atoms with Gasteiger partial charge in [0.25, 0.3) is 0 Å². The Morgan fingerprint density at radius 1 is 1.09 bits per heavy atom. The summed E-state index contributed by atoms with van der Waals surface area (Å²) in [4.78, 5) is 13.5. The highest BCUT2D eigenvalue weighted by Gasteiger charge is 2.29. The second-order valence-corrected chi connectivity index (χ2v) is 5.37. The Balaban J connectivity index is 1.98. The molecule has 0 aromatic heterocycles. The second-order valence-electron chi connectivity index (χ2n) is 5.37. The Kier molecular flexibility index (Phi) is 5.49. The van der Waals surface area contributed by atoms with Gasteiger partial charge in [0.05, 0.1) is 34.9 Å². The molecule has 6 heteroatoms. The van der Waals surface area contributed by atoms with Gasteiger partial charge in [-0.25, -0.2) is 0 Å². The van der Waals surface area contributed by atoms with Crippen molar-refractivity contribution in [1.29, 1.82) is 0 Å². The Bertz CT molecular complexity index is 500. The number of carbonyl (C=O) groups excluding carboxylic acids is 1. The molecule has 0 amide bonds. The molecule has 0 radical (unpaired) electrons. The van der Waals surface area contributed by atoms with Crippen molar-refractivity contribution in [3.63, 3.8) is 0 Å². The summed E-state index contributed by atoms with van der Waals surface area (Å²) in [6, 6.07) is 3.91. The van der Waals surface area contributed by atoms with E-state index in [4.69, 9.17) is 18.9 Å². The van der Waals surface area contributed by atoms with E-state index in [1.165, 1.54) is 7.11 Å². The van der Waals surface area contributed by atoms with Crippen LogP contribution in [-0.4, -0.2) is 52.4 Å². The first-order valence-corrected chi connectivity index (χ1v) is 7.19. The molecule has 22 heavy (non-hydrogen) atoms. The van der Waals surface area contributed by atoms with Crippen LogP contribution in [0.5, 0.6) is 17.2 Å². The van der Waals surface area contributed by atoms with Crippen LogP contribution in [0.2, 0.25) is 0 Å². The van der Waals surface area contributed by atoms with E-state index in [0.29, 0.717) is 29.6 Å².